The van der Waals surface area contributed by atoms with Crippen LogP contribution in [0.4, 0.5) is 0 Å². The summed E-state index contributed by atoms with van der Waals surface area (Å²) in [5.41, 5.74) is 1.93. The smallest absolute Gasteiger partial charge is 0.174 e. The Balaban J connectivity index is 3.15. The van der Waals surface area contributed by atoms with Crippen molar-refractivity contribution in [1.29, 1.82) is 0 Å². The minimum Gasteiger partial charge on any atom is -0.293 e. The molecule has 3 heteroatoms. The zero-order valence-electron chi connectivity index (χ0n) is 7.31. The van der Waals surface area contributed by atoms with Gasteiger partial charge in [-0.3, -0.25) is 4.79 Å². The molecular formula is C10H10Br2O. The second-order valence-corrected chi connectivity index (χ2v) is 4.04. The molecule has 0 spiro atoms. The molecule has 1 aromatic carbocycles. The molecule has 1 nitrogen and oxygen atoms in total. The Labute approximate surface area is 94.8 Å². The van der Waals surface area contributed by atoms with Crippen LogP contribution in [0.1, 0.15) is 22.8 Å². The van der Waals surface area contributed by atoms with Gasteiger partial charge in [0, 0.05) is 10.0 Å². The number of alkyl halides is 1. The molecule has 1 rings (SSSR count). The summed E-state index contributed by atoms with van der Waals surface area (Å²) >= 11 is 6.60. The molecule has 70 valence electrons. The number of carbonyl (C=O) groups is 1. The van der Waals surface area contributed by atoms with E-state index in [-0.39, 0.29) is 5.78 Å². The number of halogens is 2. The highest BCUT2D eigenvalue weighted by Gasteiger charge is 2.10. The van der Waals surface area contributed by atoms with Crippen LogP contribution in [0, 0.1) is 0 Å². The van der Waals surface area contributed by atoms with E-state index in [1.807, 2.05) is 18.2 Å². The van der Waals surface area contributed by atoms with E-state index in [9.17, 15) is 4.79 Å². The zero-order chi connectivity index (χ0) is 9.84. The Morgan fingerprint density at radius 2 is 2.15 bits per heavy atom. The van der Waals surface area contributed by atoms with E-state index < -0.39 is 0 Å². The first-order valence-corrected chi connectivity index (χ1v) is 5.98. The fourth-order valence-electron chi connectivity index (χ4n) is 1.14. The van der Waals surface area contributed by atoms with Gasteiger partial charge in [0.05, 0.1) is 5.33 Å². The van der Waals surface area contributed by atoms with Crippen molar-refractivity contribution in [3.8, 4) is 0 Å². The van der Waals surface area contributed by atoms with Crippen LogP contribution in [0.15, 0.2) is 22.7 Å². The summed E-state index contributed by atoms with van der Waals surface area (Å²) in [6.07, 6.45) is 0.935. The van der Waals surface area contributed by atoms with E-state index in [0.717, 1.165) is 16.5 Å². The monoisotopic (exact) mass is 304 g/mol. The molecule has 0 saturated heterocycles. The summed E-state index contributed by atoms with van der Waals surface area (Å²) in [6.45, 7) is 2.07. The number of rotatable bonds is 3. The van der Waals surface area contributed by atoms with Crippen LogP contribution < -0.4 is 0 Å². The van der Waals surface area contributed by atoms with Crippen LogP contribution in [0.3, 0.4) is 0 Å². The van der Waals surface area contributed by atoms with Gasteiger partial charge in [-0.1, -0.05) is 41.1 Å². The number of carbonyl (C=O) groups excluding carboxylic acids is 1. The van der Waals surface area contributed by atoms with Crippen LogP contribution in [-0.2, 0) is 6.42 Å². The van der Waals surface area contributed by atoms with Gasteiger partial charge >= 0.3 is 0 Å². The van der Waals surface area contributed by atoms with Crippen LogP contribution in [-0.4, -0.2) is 11.1 Å². The molecule has 0 atom stereocenters. The first kappa shape index (κ1) is 10.9. The maximum atomic E-state index is 11.4. The summed E-state index contributed by atoms with van der Waals surface area (Å²) in [5, 5.41) is 0.374. The molecule has 0 aliphatic carbocycles. The lowest BCUT2D eigenvalue weighted by atomic mass is 10.1. The van der Waals surface area contributed by atoms with Crippen molar-refractivity contribution in [2.75, 3.05) is 5.33 Å². The predicted molar refractivity (Wildman–Crippen MR) is 61.6 cm³/mol. The van der Waals surface area contributed by atoms with Gasteiger partial charge in [-0.15, -0.1) is 0 Å². The van der Waals surface area contributed by atoms with Crippen LogP contribution in [0.25, 0.3) is 0 Å². The first-order valence-electron chi connectivity index (χ1n) is 4.07. The fourth-order valence-corrected chi connectivity index (χ4v) is 2.21. The van der Waals surface area contributed by atoms with Gasteiger partial charge in [-0.2, -0.15) is 0 Å². The highest BCUT2D eigenvalue weighted by molar-refractivity contribution is 9.10. The van der Waals surface area contributed by atoms with Crippen molar-refractivity contribution < 1.29 is 4.79 Å². The summed E-state index contributed by atoms with van der Waals surface area (Å²) in [4.78, 5) is 11.4. The Morgan fingerprint density at radius 1 is 1.46 bits per heavy atom. The van der Waals surface area contributed by atoms with Crippen molar-refractivity contribution in [3.05, 3.63) is 33.8 Å². The molecule has 0 saturated carbocycles. The van der Waals surface area contributed by atoms with Crippen LogP contribution in [0.5, 0.6) is 0 Å². The maximum absolute atomic E-state index is 11.4. The Morgan fingerprint density at radius 3 is 2.69 bits per heavy atom. The SMILES string of the molecule is CCc1cccc(C(=O)CBr)c1Br. The van der Waals surface area contributed by atoms with E-state index in [4.69, 9.17) is 0 Å². The number of hydrogen-bond acceptors (Lipinski definition) is 1. The lowest BCUT2D eigenvalue weighted by Crippen LogP contribution is -2.02. The number of benzene rings is 1. The fraction of sp³-hybridized carbons (Fsp3) is 0.300. The van der Waals surface area contributed by atoms with Crippen molar-refractivity contribution in [2.45, 2.75) is 13.3 Å². The number of ketones is 1. The zero-order valence-corrected chi connectivity index (χ0v) is 10.5. The van der Waals surface area contributed by atoms with E-state index in [1.54, 1.807) is 0 Å². The van der Waals surface area contributed by atoms with E-state index in [1.165, 1.54) is 5.56 Å². The largest absolute Gasteiger partial charge is 0.293 e. The molecule has 0 unspecified atom stereocenters. The molecule has 0 radical (unpaired) electrons. The number of hydrogen-bond donors (Lipinski definition) is 0. The van der Waals surface area contributed by atoms with Gasteiger partial charge in [0.1, 0.15) is 0 Å². The Kier molecular flexibility index (Phi) is 4.13. The van der Waals surface area contributed by atoms with Gasteiger partial charge in [0.15, 0.2) is 5.78 Å². The van der Waals surface area contributed by atoms with Crippen molar-refractivity contribution in [3.63, 3.8) is 0 Å². The van der Waals surface area contributed by atoms with Crippen molar-refractivity contribution in [2.24, 2.45) is 0 Å². The molecule has 0 N–H and O–H groups in total. The third-order valence-electron chi connectivity index (χ3n) is 1.88. The molecule has 13 heavy (non-hydrogen) atoms. The average Bonchev–Trinajstić information content (AvgIpc) is 2.17. The summed E-state index contributed by atoms with van der Waals surface area (Å²) < 4.78 is 0.932. The molecule has 1 aromatic rings. The topological polar surface area (TPSA) is 17.1 Å². The summed E-state index contributed by atoms with van der Waals surface area (Å²) in [7, 11) is 0. The second-order valence-electron chi connectivity index (χ2n) is 2.69. The minimum atomic E-state index is 0.113. The van der Waals surface area contributed by atoms with Gasteiger partial charge < -0.3 is 0 Å². The van der Waals surface area contributed by atoms with E-state index in [2.05, 4.69) is 38.8 Å². The predicted octanol–water partition coefficient (Wildman–Crippen LogP) is 3.59. The molecule has 0 aliphatic heterocycles. The lowest BCUT2D eigenvalue weighted by Gasteiger charge is -2.05. The highest BCUT2D eigenvalue weighted by atomic mass is 79.9. The van der Waals surface area contributed by atoms with Gasteiger partial charge in [0.25, 0.3) is 0 Å². The van der Waals surface area contributed by atoms with Crippen LogP contribution in [0.2, 0.25) is 0 Å². The third kappa shape index (κ3) is 2.41. The molecule has 0 heterocycles. The average molecular weight is 306 g/mol. The minimum absolute atomic E-state index is 0.113. The first-order chi connectivity index (χ1) is 6.20. The summed E-state index contributed by atoms with van der Waals surface area (Å²) in [6, 6.07) is 5.78. The lowest BCUT2D eigenvalue weighted by molar-refractivity contribution is 0.102. The summed E-state index contributed by atoms with van der Waals surface area (Å²) in [5.74, 6) is 0.113. The quantitative estimate of drug-likeness (QED) is 0.616. The highest BCUT2D eigenvalue weighted by Crippen LogP contribution is 2.23. The third-order valence-corrected chi connectivity index (χ3v) is 3.33. The normalized spacial score (nSPS) is 10.1. The van der Waals surface area contributed by atoms with Crippen LogP contribution >= 0.6 is 31.9 Å². The standard InChI is InChI=1S/C10H10Br2O/c1-2-7-4-3-5-8(10(7)12)9(13)6-11/h3-5H,2,6H2,1H3. The van der Waals surface area contributed by atoms with Gasteiger partial charge in [0.2, 0.25) is 0 Å². The molecule has 0 bridgehead atoms. The van der Waals surface area contributed by atoms with Crippen molar-refractivity contribution in [1.82, 2.24) is 0 Å². The van der Waals surface area contributed by atoms with Crippen molar-refractivity contribution >= 4 is 37.6 Å². The van der Waals surface area contributed by atoms with Gasteiger partial charge in [-0.25, -0.2) is 0 Å². The second kappa shape index (κ2) is 4.91. The molecule has 0 amide bonds. The molecule has 0 aliphatic rings. The molecular weight excluding hydrogens is 296 g/mol. The van der Waals surface area contributed by atoms with Gasteiger partial charge in [-0.05, 0) is 27.9 Å². The van der Waals surface area contributed by atoms with E-state index >= 15 is 0 Å². The Bertz CT molecular complexity index is 321. The number of aryl methyl sites for hydroxylation is 1. The molecule has 0 aromatic heterocycles. The Hall–Kier alpha value is -0.150. The van der Waals surface area contributed by atoms with E-state index in [0.29, 0.717) is 5.33 Å². The maximum Gasteiger partial charge on any atom is 0.174 e. The molecule has 0 fully saturated rings. The number of Topliss-reactive ketones (excluding diaryl/α,β-unsaturated/α-hetero) is 1.